The number of rotatable bonds is 17. The Morgan fingerprint density at radius 1 is 0.263 bits per heavy atom. The summed E-state index contributed by atoms with van der Waals surface area (Å²) in [7, 11) is 5.90. The largest absolute Gasteiger partial charge is 0.345 e. The van der Waals surface area contributed by atoms with Crippen molar-refractivity contribution in [3.8, 4) is 6.07 Å². The minimum atomic E-state index is -0.386. The summed E-state index contributed by atoms with van der Waals surface area (Å²) in [6.07, 6.45) is 0. The Labute approximate surface area is 557 Å². The third-order valence-electron chi connectivity index (χ3n) is 16.5. The summed E-state index contributed by atoms with van der Waals surface area (Å²) in [6.45, 7) is 12.5. The summed E-state index contributed by atoms with van der Waals surface area (Å²) in [5.74, 6) is 0. The molecule has 0 unspecified atom stereocenters. The number of aryl methyl sites for hydroxylation is 6. The summed E-state index contributed by atoms with van der Waals surface area (Å²) in [4.78, 5) is 34.1. The van der Waals surface area contributed by atoms with E-state index in [1.165, 1.54) is 51.6 Å². The third kappa shape index (κ3) is 16.4. The van der Waals surface area contributed by atoms with Crippen molar-refractivity contribution in [1.29, 1.82) is 5.26 Å². The molecule has 0 aliphatic carbocycles. The molecule has 0 radical (unpaired) electrons. The normalized spacial score (nSPS) is 10.5. The van der Waals surface area contributed by atoms with E-state index >= 15 is 0 Å². The fourth-order valence-corrected chi connectivity index (χ4v) is 10.8. The van der Waals surface area contributed by atoms with Gasteiger partial charge < -0.3 is 29.4 Å². The molecule has 0 saturated heterocycles. The van der Waals surface area contributed by atoms with Gasteiger partial charge in [-0.3, -0.25) is 20.2 Å². The maximum atomic E-state index is 11.1. The van der Waals surface area contributed by atoms with Gasteiger partial charge >= 0.3 is 0 Å². The van der Waals surface area contributed by atoms with E-state index in [1.807, 2.05) is 73.4 Å². The molecule has 0 heterocycles. The topological polar surface area (TPSA) is 130 Å². The molecule has 472 valence electrons. The highest BCUT2D eigenvalue weighted by Crippen LogP contribution is 2.40. The minimum absolute atomic E-state index is 0.0795. The lowest BCUT2D eigenvalue weighted by Crippen LogP contribution is -2.12. The summed E-state index contributed by atoms with van der Waals surface area (Å²) in [6, 6.07) is 99.2. The Balaban J connectivity index is 0.000000155. The van der Waals surface area contributed by atoms with Crippen molar-refractivity contribution in [3.63, 3.8) is 0 Å². The van der Waals surface area contributed by atoms with Crippen LogP contribution < -0.4 is 29.4 Å². The zero-order valence-corrected chi connectivity index (χ0v) is 54.9. The van der Waals surface area contributed by atoms with Crippen molar-refractivity contribution in [2.24, 2.45) is 0 Å². The molecular formula is C82H75N9O4. The van der Waals surface area contributed by atoms with Crippen LogP contribution in [0.2, 0.25) is 0 Å². The average Bonchev–Trinajstić information content (AvgIpc) is 0.942. The smallest absolute Gasteiger partial charge is 0.271 e. The van der Waals surface area contributed by atoms with Gasteiger partial charge in [0.05, 0.1) is 21.5 Å². The van der Waals surface area contributed by atoms with Crippen LogP contribution in [0.15, 0.2) is 291 Å². The minimum Gasteiger partial charge on any atom is -0.345 e. The molecule has 0 aromatic heterocycles. The zero-order chi connectivity index (χ0) is 67.1. The van der Waals surface area contributed by atoms with Crippen LogP contribution in [0.5, 0.6) is 0 Å². The second-order valence-electron chi connectivity index (χ2n) is 23.5. The lowest BCUT2D eigenvalue weighted by Gasteiger charge is -2.27. The number of benzene rings is 12. The number of nitrogens with zero attached hydrogens (tertiary/aromatic N) is 9. The Morgan fingerprint density at radius 2 is 0.463 bits per heavy atom. The quantitative estimate of drug-likeness (QED) is 0.0638. The van der Waals surface area contributed by atoms with E-state index in [-0.39, 0.29) is 21.2 Å². The van der Waals surface area contributed by atoms with Gasteiger partial charge in [-0.25, -0.2) is 0 Å². The highest BCUT2D eigenvalue weighted by atomic mass is 16.6. The van der Waals surface area contributed by atoms with Gasteiger partial charge in [-0.1, -0.05) is 112 Å². The molecular weight excluding hydrogens is 1170 g/mol. The van der Waals surface area contributed by atoms with Gasteiger partial charge in [0.15, 0.2) is 0 Å². The van der Waals surface area contributed by atoms with Gasteiger partial charge in [0.1, 0.15) is 0 Å². The second-order valence-corrected chi connectivity index (χ2v) is 23.5. The molecule has 0 N–H and O–H groups in total. The monoisotopic (exact) mass is 1250 g/mol. The summed E-state index contributed by atoms with van der Waals surface area (Å²) in [5, 5.41) is 31.1. The van der Waals surface area contributed by atoms with Crippen LogP contribution in [0.1, 0.15) is 38.9 Å². The van der Waals surface area contributed by atoms with E-state index in [1.54, 1.807) is 24.3 Å². The number of nitro groups is 2. The van der Waals surface area contributed by atoms with Gasteiger partial charge in [-0.15, -0.1) is 0 Å². The van der Waals surface area contributed by atoms with Crippen molar-refractivity contribution in [2.45, 2.75) is 41.5 Å². The van der Waals surface area contributed by atoms with Crippen LogP contribution in [0, 0.1) is 73.1 Å². The van der Waals surface area contributed by atoms with Gasteiger partial charge in [0.2, 0.25) is 0 Å². The summed E-state index contributed by atoms with van der Waals surface area (Å²) < 4.78 is 0. The van der Waals surface area contributed by atoms with E-state index in [9.17, 15) is 20.2 Å². The van der Waals surface area contributed by atoms with E-state index in [4.69, 9.17) is 5.26 Å². The molecule has 13 nitrogen and oxygen atoms in total. The molecule has 0 amide bonds. The Morgan fingerprint density at radius 3 is 0.695 bits per heavy atom. The van der Waals surface area contributed by atoms with Gasteiger partial charge in [-0.05, 0) is 230 Å². The van der Waals surface area contributed by atoms with Crippen LogP contribution >= 0.6 is 0 Å². The third-order valence-corrected chi connectivity index (χ3v) is 16.5. The molecule has 95 heavy (non-hydrogen) atoms. The van der Waals surface area contributed by atoms with Gasteiger partial charge in [0.25, 0.3) is 11.4 Å². The first-order valence-corrected chi connectivity index (χ1v) is 31.2. The predicted octanol–water partition coefficient (Wildman–Crippen LogP) is 22.3. The van der Waals surface area contributed by atoms with Crippen LogP contribution in [-0.4, -0.2) is 31.0 Å². The zero-order valence-electron chi connectivity index (χ0n) is 54.9. The second kappa shape index (κ2) is 30.2. The lowest BCUT2D eigenvalue weighted by molar-refractivity contribution is -0.385. The number of nitriles is 1. The first kappa shape index (κ1) is 65.7. The fourth-order valence-electron chi connectivity index (χ4n) is 10.8. The number of non-ortho nitro benzene ring substituents is 2. The van der Waals surface area contributed by atoms with E-state index in [2.05, 4.69) is 273 Å². The molecule has 0 fully saturated rings. The highest BCUT2D eigenvalue weighted by Gasteiger charge is 2.18. The first-order valence-electron chi connectivity index (χ1n) is 31.2. The van der Waals surface area contributed by atoms with Crippen LogP contribution in [0.4, 0.5) is 96.7 Å². The first-order chi connectivity index (χ1) is 45.9. The molecule has 0 aliphatic rings. The molecule has 12 aromatic carbocycles. The van der Waals surface area contributed by atoms with Crippen LogP contribution in [0.25, 0.3) is 0 Å². The van der Waals surface area contributed by atoms with Crippen molar-refractivity contribution >= 4 is 96.7 Å². The Hall–Kier alpha value is -12.3. The highest BCUT2D eigenvalue weighted by molar-refractivity contribution is 5.82. The molecule has 0 saturated carbocycles. The van der Waals surface area contributed by atoms with Crippen molar-refractivity contribution in [1.82, 2.24) is 0 Å². The number of hydrogen-bond acceptors (Lipinski definition) is 11. The van der Waals surface area contributed by atoms with E-state index < -0.39 is 0 Å². The van der Waals surface area contributed by atoms with Crippen LogP contribution in [-0.2, 0) is 0 Å². The Kier molecular flexibility index (Phi) is 20.9. The van der Waals surface area contributed by atoms with Gasteiger partial charge in [0, 0.05) is 131 Å². The number of hydrogen-bond donors (Lipinski definition) is 0. The van der Waals surface area contributed by atoms with Gasteiger partial charge in [-0.2, -0.15) is 5.26 Å². The molecule has 0 atom stereocenters. The number of nitro benzene ring substituents is 2. The fraction of sp³-hybridized carbons (Fsp3) is 0.110. The molecule has 0 aliphatic heterocycles. The maximum absolute atomic E-state index is 11.1. The van der Waals surface area contributed by atoms with Crippen molar-refractivity contribution in [2.75, 3.05) is 50.5 Å². The SMILES string of the molecule is Cc1ccc(N(c2ccc(C)cc2)c2ccc(N(C)c3ccc(C#N)cc3)cc2)cc1.Cc1ccc(N(c2ccc(C)cc2)c2ccc(N(C)c3ccc([N+](=O)[O-])cc3)cc2)cc1.Cc1ccc(N(c2ccc(C)cc2)c2ccc(N(C)c3cccc([N+](=O)[O-])c3)cc2)cc1. The predicted molar refractivity (Wildman–Crippen MR) is 393 cm³/mol. The maximum Gasteiger partial charge on any atom is 0.271 e. The van der Waals surface area contributed by atoms with Crippen molar-refractivity contribution < 1.29 is 9.85 Å². The Bertz CT molecular complexity index is 4410. The van der Waals surface area contributed by atoms with E-state index in [0.717, 1.165) is 85.3 Å². The molecule has 0 bridgehead atoms. The number of anilines is 15. The average molecular weight is 1250 g/mol. The molecule has 0 spiro atoms. The molecule has 12 rings (SSSR count). The standard InChI is InChI=1S/C28H25N3.2C27H25N3O2/c1-21-4-10-26(11-5-21)31(27-12-6-22(2)7-13-27)28-18-16-25(17-19-28)30(3)24-14-8-23(20-29)9-15-24;1-20-4-8-24(9-5-20)29(25-10-6-21(2)7-11-25)26-16-12-22(13-17-26)28(3)23-14-18-27(19-15-23)30(31)32;1-20-7-11-23(12-8-20)29(24-13-9-21(2)10-14-24)25-17-15-22(16-18-25)28(3)26-5-4-6-27(19-26)30(31)32/h4-19H,1-3H3;2*4-19H,1-3H3. The van der Waals surface area contributed by atoms with Crippen molar-refractivity contribution in [3.05, 3.63) is 350 Å². The van der Waals surface area contributed by atoms with E-state index in [0.29, 0.717) is 5.56 Å². The lowest BCUT2D eigenvalue weighted by atomic mass is 10.1. The summed E-state index contributed by atoms with van der Waals surface area (Å²) >= 11 is 0. The molecule has 12 aromatic rings. The summed E-state index contributed by atoms with van der Waals surface area (Å²) in [5.41, 5.74) is 23.7. The molecule has 13 heteroatoms. The van der Waals surface area contributed by atoms with Crippen LogP contribution in [0.3, 0.4) is 0 Å².